The molecular weight excluding hydrogens is 397 g/mol. The normalized spacial score (nSPS) is 12.2. The Morgan fingerprint density at radius 2 is 2.00 bits per heavy atom. The molecule has 0 aliphatic rings. The molecule has 2 heterocycles. The topological polar surface area (TPSA) is 87.9 Å². The number of hydrogen-bond acceptors (Lipinski definition) is 6. The molecule has 0 fully saturated rings. The van der Waals surface area contributed by atoms with E-state index >= 15 is 0 Å². The molecule has 1 atom stereocenters. The number of aromatic nitrogens is 4. The standard InChI is InChI=1S/C17H16ClF3N6O/c18-12-6-22-17(24-10-5-23-27(7-10)8-15(20)21)26-16(12)25-14(9-28)11-3-1-2-4-13(11)19/h1-7,14-15,28H,8-9H2,(H2,22,24,25,26)/t14-/m1/s1. The molecule has 3 N–H and O–H groups in total. The van der Waals surface area contributed by atoms with Gasteiger partial charge in [-0.05, 0) is 6.07 Å². The molecule has 0 spiro atoms. The van der Waals surface area contributed by atoms with Crippen LogP contribution in [0.2, 0.25) is 5.02 Å². The highest BCUT2D eigenvalue weighted by molar-refractivity contribution is 6.32. The molecule has 0 unspecified atom stereocenters. The number of benzene rings is 1. The van der Waals surface area contributed by atoms with E-state index in [-0.39, 0.29) is 22.4 Å². The van der Waals surface area contributed by atoms with E-state index in [1.165, 1.54) is 30.7 Å². The summed E-state index contributed by atoms with van der Waals surface area (Å²) in [6, 6.07) is 5.23. The van der Waals surface area contributed by atoms with Crippen molar-refractivity contribution < 1.29 is 18.3 Å². The minimum Gasteiger partial charge on any atom is -0.394 e. The van der Waals surface area contributed by atoms with Crippen molar-refractivity contribution in [1.29, 1.82) is 0 Å². The second-order valence-corrected chi connectivity index (χ2v) is 6.17. The average Bonchev–Trinajstić information content (AvgIpc) is 3.09. The molecule has 11 heteroatoms. The van der Waals surface area contributed by atoms with E-state index in [1.807, 2.05) is 0 Å². The molecule has 0 aliphatic carbocycles. The van der Waals surface area contributed by atoms with Crippen molar-refractivity contribution in [2.24, 2.45) is 0 Å². The van der Waals surface area contributed by atoms with Gasteiger partial charge in [0.2, 0.25) is 5.95 Å². The fourth-order valence-electron chi connectivity index (χ4n) is 2.47. The SMILES string of the molecule is OC[C@@H](Nc1nc(Nc2cnn(CC(F)F)c2)ncc1Cl)c1ccccc1F. The van der Waals surface area contributed by atoms with E-state index in [2.05, 4.69) is 25.7 Å². The number of alkyl halides is 2. The van der Waals surface area contributed by atoms with Crippen molar-refractivity contribution in [3.8, 4) is 0 Å². The molecule has 2 aromatic heterocycles. The van der Waals surface area contributed by atoms with Crippen LogP contribution in [0, 0.1) is 5.82 Å². The third-order valence-electron chi connectivity index (χ3n) is 3.73. The summed E-state index contributed by atoms with van der Waals surface area (Å²) in [4.78, 5) is 8.21. The van der Waals surface area contributed by atoms with Crippen molar-refractivity contribution in [3.05, 3.63) is 59.3 Å². The van der Waals surface area contributed by atoms with E-state index in [0.29, 0.717) is 5.69 Å². The Bertz CT molecular complexity index is 939. The molecule has 28 heavy (non-hydrogen) atoms. The fraction of sp³-hybridized carbons (Fsp3) is 0.235. The van der Waals surface area contributed by atoms with Gasteiger partial charge in [-0.2, -0.15) is 10.1 Å². The molecule has 1 aromatic carbocycles. The average molecular weight is 413 g/mol. The smallest absolute Gasteiger partial charge is 0.257 e. The van der Waals surface area contributed by atoms with Crippen LogP contribution in [0.25, 0.3) is 0 Å². The van der Waals surface area contributed by atoms with Gasteiger partial charge in [0.05, 0.1) is 30.7 Å². The molecule has 0 saturated heterocycles. The van der Waals surface area contributed by atoms with E-state index in [1.54, 1.807) is 12.1 Å². The number of anilines is 3. The van der Waals surface area contributed by atoms with Gasteiger partial charge in [-0.25, -0.2) is 18.2 Å². The minimum absolute atomic E-state index is 0.119. The van der Waals surface area contributed by atoms with Gasteiger partial charge in [0.25, 0.3) is 6.43 Å². The number of hydrogen-bond donors (Lipinski definition) is 3. The summed E-state index contributed by atoms with van der Waals surface area (Å²) in [7, 11) is 0. The predicted molar refractivity (Wildman–Crippen MR) is 98.4 cm³/mol. The lowest BCUT2D eigenvalue weighted by Crippen LogP contribution is -2.17. The number of nitrogens with zero attached hydrogens (tertiary/aromatic N) is 4. The van der Waals surface area contributed by atoms with Gasteiger partial charge < -0.3 is 15.7 Å². The monoisotopic (exact) mass is 412 g/mol. The Morgan fingerprint density at radius 1 is 1.21 bits per heavy atom. The van der Waals surface area contributed by atoms with Crippen LogP contribution in [0.4, 0.5) is 30.6 Å². The molecule has 3 aromatic rings. The zero-order chi connectivity index (χ0) is 20.1. The van der Waals surface area contributed by atoms with Gasteiger partial charge in [-0.1, -0.05) is 29.8 Å². The van der Waals surface area contributed by atoms with Crippen LogP contribution >= 0.6 is 11.6 Å². The first-order valence-corrected chi connectivity index (χ1v) is 8.56. The van der Waals surface area contributed by atoms with Crippen LogP contribution < -0.4 is 10.6 Å². The van der Waals surface area contributed by atoms with E-state index in [4.69, 9.17) is 11.6 Å². The number of aliphatic hydroxyl groups is 1. The Labute approximate surface area is 163 Å². The largest absolute Gasteiger partial charge is 0.394 e. The molecular formula is C17H16ClF3N6O. The lowest BCUT2D eigenvalue weighted by atomic mass is 10.1. The zero-order valence-corrected chi connectivity index (χ0v) is 15.1. The number of halogens is 4. The first-order chi connectivity index (χ1) is 13.5. The van der Waals surface area contributed by atoms with Crippen LogP contribution in [0.5, 0.6) is 0 Å². The first-order valence-electron chi connectivity index (χ1n) is 8.18. The zero-order valence-electron chi connectivity index (χ0n) is 14.4. The van der Waals surface area contributed by atoms with Crippen LogP contribution in [-0.2, 0) is 6.54 Å². The Kier molecular flexibility index (Phi) is 6.32. The summed E-state index contributed by atoms with van der Waals surface area (Å²) in [5.41, 5.74) is 0.657. The molecule has 0 radical (unpaired) electrons. The molecule has 0 amide bonds. The number of nitrogens with one attached hydrogen (secondary N) is 2. The number of aliphatic hydroxyl groups excluding tert-OH is 1. The maximum atomic E-state index is 14.0. The molecule has 3 rings (SSSR count). The second-order valence-electron chi connectivity index (χ2n) is 5.76. The van der Waals surface area contributed by atoms with Crippen LogP contribution in [0.3, 0.4) is 0 Å². The van der Waals surface area contributed by atoms with E-state index < -0.39 is 31.4 Å². The Balaban J connectivity index is 1.77. The van der Waals surface area contributed by atoms with Gasteiger partial charge in [0, 0.05) is 11.8 Å². The third kappa shape index (κ3) is 4.90. The van der Waals surface area contributed by atoms with Crippen molar-refractivity contribution >= 4 is 29.1 Å². The highest BCUT2D eigenvalue weighted by atomic mass is 35.5. The second kappa shape index (κ2) is 8.89. The Morgan fingerprint density at radius 3 is 2.71 bits per heavy atom. The molecule has 0 bridgehead atoms. The molecule has 0 aliphatic heterocycles. The highest BCUT2D eigenvalue weighted by Crippen LogP contribution is 2.26. The maximum Gasteiger partial charge on any atom is 0.257 e. The summed E-state index contributed by atoms with van der Waals surface area (Å²) in [6.07, 6.45) is 1.53. The number of rotatable bonds is 8. The summed E-state index contributed by atoms with van der Waals surface area (Å²) >= 11 is 6.10. The molecule has 148 valence electrons. The maximum absolute atomic E-state index is 14.0. The first kappa shape index (κ1) is 19.9. The lowest BCUT2D eigenvalue weighted by Gasteiger charge is -2.19. The van der Waals surface area contributed by atoms with E-state index in [9.17, 15) is 18.3 Å². The van der Waals surface area contributed by atoms with Gasteiger partial charge in [0.1, 0.15) is 17.4 Å². The summed E-state index contributed by atoms with van der Waals surface area (Å²) < 4.78 is 39.9. The van der Waals surface area contributed by atoms with Crippen LogP contribution in [-0.4, -0.2) is 37.9 Å². The van der Waals surface area contributed by atoms with Crippen molar-refractivity contribution in [1.82, 2.24) is 19.7 Å². The van der Waals surface area contributed by atoms with Crippen LogP contribution in [0.15, 0.2) is 42.9 Å². The lowest BCUT2D eigenvalue weighted by molar-refractivity contribution is 0.122. The summed E-state index contributed by atoms with van der Waals surface area (Å²) in [6.45, 7) is -0.929. The Hall–Kier alpha value is -2.85. The van der Waals surface area contributed by atoms with Gasteiger partial charge in [-0.3, -0.25) is 4.68 Å². The van der Waals surface area contributed by atoms with Gasteiger partial charge in [0.15, 0.2) is 5.82 Å². The van der Waals surface area contributed by atoms with Gasteiger partial charge in [-0.15, -0.1) is 0 Å². The highest BCUT2D eigenvalue weighted by Gasteiger charge is 2.17. The van der Waals surface area contributed by atoms with Gasteiger partial charge >= 0.3 is 0 Å². The van der Waals surface area contributed by atoms with E-state index in [0.717, 1.165) is 4.68 Å². The quantitative estimate of drug-likeness (QED) is 0.524. The molecule has 7 nitrogen and oxygen atoms in total. The third-order valence-corrected chi connectivity index (χ3v) is 4.01. The van der Waals surface area contributed by atoms with Crippen molar-refractivity contribution in [3.63, 3.8) is 0 Å². The minimum atomic E-state index is -2.52. The summed E-state index contributed by atoms with van der Waals surface area (Å²) in [5.74, 6) is -0.195. The predicted octanol–water partition coefficient (Wildman–Crippen LogP) is 3.62. The van der Waals surface area contributed by atoms with Crippen molar-refractivity contribution in [2.75, 3.05) is 17.2 Å². The van der Waals surface area contributed by atoms with Crippen molar-refractivity contribution in [2.45, 2.75) is 19.0 Å². The summed E-state index contributed by atoms with van der Waals surface area (Å²) in [5, 5.41) is 19.3. The fourth-order valence-corrected chi connectivity index (χ4v) is 2.62. The van der Waals surface area contributed by atoms with Crippen LogP contribution in [0.1, 0.15) is 11.6 Å². The molecule has 0 saturated carbocycles.